The Balaban J connectivity index is 2.61. The molecule has 6 nitrogen and oxygen atoms in total. The molecule has 0 aliphatic heterocycles. The van der Waals surface area contributed by atoms with Gasteiger partial charge >= 0.3 is 11.6 Å². The van der Waals surface area contributed by atoms with Crippen LogP contribution in [-0.2, 0) is 0 Å². The number of hydrogen-bond acceptors (Lipinski definition) is 4. The van der Waals surface area contributed by atoms with Gasteiger partial charge in [0.15, 0.2) is 16.8 Å². The van der Waals surface area contributed by atoms with Gasteiger partial charge in [-0.2, -0.15) is 0 Å². The van der Waals surface area contributed by atoms with Gasteiger partial charge in [0.1, 0.15) is 6.33 Å². The molecule has 2 heterocycles. The van der Waals surface area contributed by atoms with Crippen molar-refractivity contribution in [3.63, 3.8) is 0 Å². The highest BCUT2D eigenvalue weighted by atomic mass is 16.4. The van der Waals surface area contributed by atoms with Crippen molar-refractivity contribution in [3.05, 3.63) is 46.7 Å². The summed E-state index contributed by atoms with van der Waals surface area (Å²) in [4.78, 5) is 26.3. The Bertz CT molecular complexity index is 800. The molecule has 6 heteroatoms. The number of fused-ring (bicyclic) bond motifs is 3. The second-order valence-corrected chi connectivity index (χ2v) is 3.47. The minimum Gasteiger partial charge on any atom is -0.476 e. The topological polar surface area (TPSA) is 84.8 Å². The van der Waals surface area contributed by atoms with Gasteiger partial charge in [-0.25, -0.2) is 14.6 Å². The van der Waals surface area contributed by atoms with Gasteiger partial charge in [-0.3, -0.25) is 4.40 Å². The number of para-hydroxylation sites is 2. The monoisotopic (exact) mass is 230 g/mol. The molecule has 1 aromatic carbocycles. The summed E-state index contributed by atoms with van der Waals surface area (Å²) in [7, 11) is 0. The fraction of sp³-hybridized carbons (Fsp3) is 0. The second-order valence-electron chi connectivity index (χ2n) is 3.47. The third-order valence-corrected chi connectivity index (χ3v) is 2.49. The quantitative estimate of drug-likeness (QED) is 0.677. The molecular weight excluding hydrogens is 224 g/mol. The number of imidazole rings is 1. The third-order valence-electron chi connectivity index (χ3n) is 2.49. The number of carbonyl (C=O) groups is 1. The van der Waals surface area contributed by atoms with Crippen LogP contribution >= 0.6 is 0 Å². The molecule has 0 saturated carbocycles. The molecule has 84 valence electrons. The van der Waals surface area contributed by atoms with Gasteiger partial charge < -0.3 is 9.52 Å². The molecule has 0 saturated heterocycles. The summed E-state index contributed by atoms with van der Waals surface area (Å²) in [6.45, 7) is 0. The summed E-state index contributed by atoms with van der Waals surface area (Å²) in [5.41, 5.74) is -0.0826. The number of rotatable bonds is 1. The smallest absolute Gasteiger partial charge is 0.363 e. The zero-order valence-corrected chi connectivity index (χ0v) is 8.45. The molecule has 0 spiro atoms. The number of carboxylic acids is 1. The maximum absolute atomic E-state index is 11.7. The fourth-order valence-corrected chi connectivity index (χ4v) is 1.77. The average molecular weight is 230 g/mol. The summed E-state index contributed by atoms with van der Waals surface area (Å²) in [6.07, 6.45) is 1.30. The molecule has 17 heavy (non-hydrogen) atoms. The minimum atomic E-state index is -1.25. The molecule has 3 aromatic rings. The lowest BCUT2D eigenvalue weighted by molar-refractivity contribution is 0.0693. The van der Waals surface area contributed by atoms with E-state index in [1.54, 1.807) is 24.3 Å². The Morgan fingerprint density at radius 2 is 2.12 bits per heavy atom. The average Bonchev–Trinajstić information content (AvgIpc) is 2.74. The van der Waals surface area contributed by atoms with Crippen molar-refractivity contribution in [2.45, 2.75) is 0 Å². The molecule has 0 atom stereocenters. The molecule has 0 amide bonds. The highest BCUT2D eigenvalue weighted by molar-refractivity contribution is 5.94. The van der Waals surface area contributed by atoms with E-state index in [4.69, 9.17) is 9.52 Å². The zero-order valence-electron chi connectivity index (χ0n) is 8.45. The fourth-order valence-electron chi connectivity index (χ4n) is 1.77. The lowest BCUT2D eigenvalue weighted by Crippen LogP contribution is -2.08. The number of aromatic nitrogens is 2. The zero-order chi connectivity index (χ0) is 12.0. The van der Waals surface area contributed by atoms with E-state index in [1.807, 2.05) is 0 Å². The first kappa shape index (κ1) is 9.59. The highest BCUT2D eigenvalue weighted by Gasteiger charge is 2.17. The lowest BCUT2D eigenvalue weighted by Gasteiger charge is -1.99. The van der Waals surface area contributed by atoms with Crippen LogP contribution in [0, 0.1) is 0 Å². The van der Waals surface area contributed by atoms with Crippen LogP contribution in [0.25, 0.3) is 16.6 Å². The summed E-state index contributed by atoms with van der Waals surface area (Å²) in [5, 5.41) is 8.91. The van der Waals surface area contributed by atoms with E-state index in [-0.39, 0.29) is 11.2 Å². The SMILES string of the molecule is O=C(O)c1ncn2c1c(=O)oc1ccccc12. The first-order valence-corrected chi connectivity index (χ1v) is 4.80. The maximum atomic E-state index is 11.7. The van der Waals surface area contributed by atoms with Crippen LogP contribution in [0.2, 0.25) is 0 Å². The molecular formula is C11H6N2O4. The number of benzene rings is 1. The normalized spacial score (nSPS) is 11.1. The van der Waals surface area contributed by atoms with Crippen LogP contribution in [0.15, 0.2) is 39.8 Å². The van der Waals surface area contributed by atoms with Crippen LogP contribution in [-0.4, -0.2) is 20.5 Å². The molecule has 0 aliphatic rings. The van der Waals surface area contributed by atoms with Crippen LogP contribution in [0.5, 0.6) is 0 Å². The summed E-state index contributed by atoms with van der Waals surface area (Å²) < 4.78 is 6.47. The van der Waals surface area contributed by atoms with E-state index in [0.717, 1.165) is 0 Å². The molecule has 0 unspecified atom stereocenters. The lowest BCUT2D eigenvalue weighted by atomic mass is 10.3. The molecule has 2 aromatic heterocycles. The molecule has 0 radical (unpaired) electrons. The van der Waals surface area contributed by atoms with Gasteiger partial charge in [0.05, 0.1) is 5.52 Å². The van der Waals surface area contributed by atoms with Crippen molar-refractivity contribution >= 4 is 22.6 Å². The summed E-state index contributed by atoms with van der Waals surface area (Å²) >= 11 is 0. The number of hydrogen-bond donors (Lipinski definition) is 1. The number of aromatic carboxylic acids is 1. The van der Waals surface area contributed by atoms with Gasteiger partial charge in [-0.15, -0.1) is 0 Å². The van der Waals surface area contributed by atoms with Crippen molar-refractivity contribution in [2.75, 3.05) is 0 Å². The highest BCUT2D eigenvalue weighted by Crippen LogP contribution is 2.15. The largest absolute Gasteiger partial charge is 0.476 e. The molecule has 0 aliphatic carbocycles. The Morgan fingerprint density at radius 3 is 2.88 bits per heavy atom. The van der Waals surface area contributed by atoms with E-state index in [1.165, 1.54) is 10.7 Å². The molecule has 3 rings (SSSR count). The predicted molar refractivity (Wildman–Crippen MR) is 58.2 cm³/mol. The number of carboxylic acid groups (broad SMARTS) is 1. The summed E-state index contributed by atoms with van der Waals surface area (Å²) in [6, 6.07) is 6.85. The number of nitrogens with zero attached hydrogens (tertiary/aromatic N) is 2. The molecule has 1 N–H and O–H groups in total. The van der Waals surface area contributed by atoms with E-state index in [0.29, 0.717) is 11.1 Å². The first-order chi connectivity index (χ1) is 8.18. The van der Waals surface area contributed by atoms with Crippen LogP contribution in [0.3, 0.4) is 0 Å². The van der Waals surface area contributed by atoms with Gasteiger partial charge in [0.25, 0.3) is 0 Å². The predicted octanol–water partition coefficient (Wildman–Crippen LogP) is 1.14. The molecule has 0 bridgehead atoms. The van der Waals surface area contributed by atoms with Crippen LogP contribution < -0.4 is 5.63 Å². The van der Waals surface area contributed by atoms with Crippen molar-refractivity contribution in [3.8, 4) is 0 Å². The van der Waals surface area contributed by atoms with Gasteiger partial charge in [-0.1, -0.05) is 12.1 Å². The van der Waals surface area contributed by atoms with E-state index >= 15 is 0 Å². The maximum Gasteiger partial charge on any atom is 0.363 e. The Hall–Kier alpha value is -2.63. The standard InChI is InChI=1S/C11H6N2O4/c14-10(15)8-9-11(16)17-7-4-2-1-3-6(7)13(9)5-12-8/h1-5H,(H,14,15). The van der Waals surface area contributed by atoms with Crippen molar-refractivity contribution in [1.82, 2.24) is 9.38 Å². The Kier molecular flexibility index (Phi) is 1.79. The van der Waals surface area contributed by atoms with Crippen LogP contribution in [0.4, 0.5) is 0 Å². The Morgan fingerprint density at radius 1 is 1.35 bits per heavy atom. The van der Waals surface area contributed by atoms with Crippen molar-refractivity contribution in [1.29, 1.82) is 0 Å². The van der Waals surface area contributed by atoms with Crippen molar-refractivity contribution in [2.24, 2.45) is 0 Å². The van der Waals surface area contributed by atoms with Crippen molar-refractivity contribution < 1.29 is 14.3 Å². The van der Waals surface area contributed by atoms with E-state index < -0.39 is 11.6 Å². The first-order valence-electron chi connectivity index (χ1n) is 4.80. The van der Waals surface area contributed by atoms with E-state index in [2.05, 4.69) is 4.98 Å². The third kappa shape index (κ3) is 1.24. The van der Waals surface area contributed by atoms with Gasteiger partial charge in [0, 0.05) is 0 Å². The minimum absolute atomic E-state index is 0.0591. The van der Waals surface area contributed by atoms with E-state index in [9.17, 15) is 9.59 Å². The van der Waals surface area contributed by atoms with Gasteiger partial charge in [0.2, 0.25) is 0 Å². The Labute approximate surface area is 93.7 Å². The molecule has 0 fully saturated rings. The summed E-state index contributed by atoms with van der Waals surface area (Å²) in [5.74, 6) is -1.25. The second kappa shape index (κ2) is 3.18. The van der Waals surface area contributed by atoms with Crippen LogP contribution in [0.1, 0.15) is 10.5 Å². The van der Waals surface area contributed by atoms with Gasteiger partial charge in [-0.05, 0) is 12.1 Å².